The highest BCUT2D eigenvalue weighted by atomic mass is 32.2. The van der Waals surface area contributed by atoms with Gasteiger partial charge in [-0.2, -0.15) is 0 Å². The molecule has 0 unspecified atom stereocenters. The topological polar surface area (TPSA) is 18.5 Å². The predicted octanol–water partition coefficient (Wildman–Crippen LogP) is 1.83. The fourth-order valence-corrected chi connectivity index (χ4v) is 1.54. The first kappa shape index (κ1) is 10.8. The van der Waals surface area contributed by atoms with E-state index >= 15 is 0 Å². The van der Waals surface area contributed by atoms with Crippen LogP contribution in [0.15, 0.2) is 0 Å². The number of terminal acetylenes is 1. The third kappa shape index (κ3) is 3.18. The first-order chi connectivity index (χ1) is 6.27. The number of rotatable bonds is 1. The molecule has 0 amide bonds. The van der Waals surface area contributed by atoms with Gasteiger partial charge in [-0.25, -0.2) is 0 Å². The van der Waals surface area contributed by atoms with Crippen LogP contribution in [0.25, 0.3) is 0 Å². The molecule has 0 N–H and O–H groups in total. The molecule has 0 aliphatic carbocycles. The lowest BCUT2D eigenvalue weighted by molar-refractivity contribution is -0.0337. The molecule has 2 atom stereocenters. The van der Waals surface area contributed by atoms with Crippen molar-refractivity contribution >= 4 is 28.4 Å². The maximum Gasteiger partial charge on any atom is 0.220 e. The summed E-state index contributed by atoms with van der Waals surface area (Å²) in [5.41, 5.74) is 0. The molecule has 1 rings (SSSR count). The van der Waals surface area contributed by atoms with E-state index in [0.717, 1.165) is 19.4 Å². The third-order valence-corrected chi connectivity index (χ3v) is 2.87. The van der Waals surface area contributed by atoms with Crippen LogP contribution in [0.1, 0.15) is 12.8 Å². The fourth-order valence-electron chi connectivity index (χ4n) is 1.20. The highest BCUT2D eigenvalue weighted by molar-refractivity contribution is 8.22. The lowest BCUT2D eigenvalue weighted by Gasteiger charge is -2.28. The van der Waals surface area contributed by atoms with E-state index in [1.807, 2.05) is 6.26 Å². The summed E-state index contributed by atoms with van der Waals surface area (Å²) in [7, 11) is 0. The summed E-state index contributed by atoms with van der Waals surface area (Å²) >= 11 is 6.37. The largest absolute Gasteiger partial charge is 0.471 e. The molecule has 72 valence electrons. The van der Waals surface area contributed by atoms with Gasteiger partial charge in [0.15, 0.2) is 6.10 Å². The van der Waals surface area contributed by atoms with Crippen molar-refractivity contribution in [3.05, 3.63) is 0 Å². The summed E-state index contributed by atoms with van der Waals surface area (Å²) in [6, 6.07) is 0. The van der Waals surface area contributed by atoms with Crippen molar-refractivity contribution in [2.45, 2.75) is 25.0 Å². The molecular formula is C9H12O2S2. The lowest BCUT2D eigenvalue weighted by atomic mass is 10.1. The van der Waals surface area contributed by atoms with E-state index in [1.165, 1.54) is 11.8 Å². The van der Waals surface area contributed by atoms with Gasteiger partial charge in [-0.3, -0.25) is 0 Å². The van der Waals surface area contributed by atoms with Crippen LogP contribution < -0.4 is 0 Å². The Hall–Kier alpha value is -0.240. The van der Waals surface area contributed by atoms with E-state index in [4.69, 9.17) is 28.1 Å². The van der Waals surface area contributed by atoms with Gasteiger partial charge in [0.05, 0.1) is 0 Å². The Kier molecular flexibility index (Phi) is 4.57. The zero-order valence-electron chi connectivity index (χ0n) is 7.49. The van der Waals surface area contributed by atoms with Crippen LogP contribution in [0, 0.1) is 12.3 Å². The van der Waals surface area contributed by atoms with Crippen molar-refractivity contribution in [3.63, 3.8) is 0 Å². The molecule has 4 heteroatoms. The standard InChI is InChI=1S/C9H12O2S2/c1-3-7-8(5-4-6-10-7)11-9(12)13-2/h1,7-8H,4-6H2,2H3/t7-,8+/m0/s1. The lowest BCUT2D eigenvalue weighted by Crippen LogP contribution is -2.35. The number of thiocarbonyl (C=S) groups is 1. The van der Waals surface area contributed by atoms with E-state index in [2.05, 4.69) is 5.92 Å². The van der Waals surface area contributed by atoms with Gasteiger partial charge >= 0.3 is 0 Å². The summed E-state index contributed by atoms with van der Waals surface area (Å²) in [6.45, 7) is 0.723. The first-order valence-corrected chi connectivity index (χ1v) is 5.73. The zero-order chi connectivity index (χ0) is 9.68. The Bertz CT molecular complexity index is 222. The molecule has 0 saturated carbocycles. The molecule has 0 bridgehead atoms. The summed E-state index contributed by atoms with van der Waals surface area (Å²) in [4.78, 5) is 0. The first-order valence-electron chi connectivity index (χ1n) is 4.10. The van der Waals surface area contributed by atoms with Crippen LogP contribution in [-0.2, 0) is 9.47 Å². The average molecular weight is 216 g/mol. The van der Waals surface area contributed by atoms with Crippen LogP contribution in [0.5, 0.6) is 0 Å². The summed E-state index contributed by atoms with van der Waals surface area (Å²) in [5.74, 6) is 2.57. The van der Waals surface area contributed by atoms with Gasteiger partial charge in [-0.15, -0.1) is 6.42 Å². The fraction of sp³-hybridized carbons (Fsp3) is 0.667. The number of hydrogen-bond donors (Lipinski definition) is 0. The van der Waals surface area contributed by atoms with Crippen molar-refractivity contribution < 1.29 is 9.47 Å². The third-order valence-electron chi connectivity index (χ3n) is 1.85. The van der Waals surface area contributed by atoms with Crippen molar-refractivity contribution in [2.24, 2.45) is 0 Å². The monoisotopic (exact) mass is 216 g/mol. The molecule has 0 spiro atoms. The Balaban J connectivity index is 2.46. The van der Waals surface area contributed by atoms with Gasteiger partial charge in [0.1, 0.15) is 6.10 Å². The van der Waals surface area contributed by atoms with E-state index in [9.17, 15) is 0 Å². The molecule has 0 aromatic rings. The quantitative estimate of drug-likeness (QED) is 0.491. The van der Waals surface area contributed by atoms with Gasteiger partial charge in [0, 0.05) is 6.61 Å². The molecule has 13 heavy (non-hydrogen) atoms. The Labute approximate surface area is 88.4 Å². The van der Waals surface area contributed by atoms with E-state index in [1.54, 1.807) is 0 Å². The molecule has 1 aliphatic rings. The molecule has 1 heterocycles. The average Bonchev–Trinajstić information content (AvgIpc) is 2.18. The zero-order valence-corrected chi connectivity index (χ0v) is 9.12. The molecule has 0 aromatic carbocycles. The molecular weight excluding hydrogens is 204 g/mol. The van der Waals surface area contributed by atoms with E-state index < -0.39 is 0 Å². The van der Waals surface area contributed by atoms with Crippen LogP contribution in [0.2, 0.25) is 0 Å². The summed E-state index contributed by atoms with van der Waals surface area (Å²) in [5, 5.41) is 0. The smallest absolute Gasteiger partial charge is 0.220 e. The van der Waals surface area contributed by atoms with Crippen molar-refractivity contribution in [1.82, 2.24) is 0 Å². The van der Waals surface area contributed by atoms with Crippen LogP contribution in [0.4, 0.5) is 0 Å². The van der Waals surface area contributed by atoms with Gasteiger partial charge in [0.2, 0.25) is 4.38 Å². The predicted molar refractivity (Wildman–Crippen MR) is 58.8 cm³/mol. The van der Waals surface area contributed by atoms with Gasteiger partial charge in [-0.05, 0) is 31.3 Å². The molecule has 0 aromatic heterocycles. The van der Waals surface area contributed by atoms with E-state index in [0.29, 0.717) is 4.38 Å². The van der Waals surface area contributed by atoms with E-state index in [-0.39, 0.29) is 12.2 Å². The summed E-state index contributed by atoms with van der Waals surface area (Å²) < 4.78 is 11.4. The van der Waals surface area contributed by atoms with Crippen molar-refractivity contribution in [3.8, 4) is 12.3 Å². The Morgan fingerprint density at radius 3 is 3.15 bits per heavy atom. The maximum atomic E-state index is 5.47. The number of ether oxygens (including phenoxy) is 2. The number of hydrogen-bond acceptors (Lipinski definition) is 4. The maximum absolute atomic E-state index is 5.47. The van der Waals surface area contributed by atoms with Gasteiger partial charge in [-0.1, -0.05) is 17.7 Å². The normalized spacial score (nSPS) is 27.7. The second kappa shape index (κ2) is 5.48. The van der Waals surface area contributed by atoms with Gasteiger partial charge in [0.25, 0.3) is 0 Å². The van der Waals surface area contributed by atoms with Crippen LogP contribution in [0.3, 0.4) is 0 Å². The minimum Gasteiger partial charge on any atom is -0.471 e. The van der Waals surface area contributed by atoms with Crippen molar-refractivity contribution in [2.75, 3.05) is 12.9 Å². The molecule has 0 radical (unpaired) electrons. The second-order valence-corrected chi connectivity index (χ2v) is 4.12. The molecule has 2 nitrogen and oxygen atoms in total. The summed E-state index contributed by atoms with van der Waals surface area (Å²) in [6.07, 6.45) is 8.81. The molecule has 1 saturated heterocycles. The Morgan fingerprint density at radius 2 is 2.54 bits per heavy atom. The molecule has 1 fully saturated rings. The highest BCUT2D eigenvalue weighted by Crippen LogP contribution is 2.19. The van der Waals surface area contributed by atoms with Gasteiger partial charge < -0.3 is 9.47 Å². The van der Waals surface area contributed by atoms with Crippen LogP contribution >= 0.6 is 24.0 Å². The van der Waals surface area contributed by atoms with Crippen LogP contribution in [-0.4, -0.2) is 29.5 Å². The minimum atomic E-state index is -0.237. The molecule has 1 aliphatic heterocycles. The minimum absolute atomic E-state index is 0.0568. The Morgan fingerprint density at radius 1 is 1.77 bits per heavy atom. The number of thioether (sulfide) groups is 1. The highest BCUT2D eigenvalue weighted by Gasteiger charge is 2.26. The van der Waals surface area contributed by atoms with Crippen molar-refractivity contribution in [1.29, 1.82) is 0 Å². The SMILES string of the molecule is C#C[C@@H]1OCCC[C@H]1OC(=S)SC. The second-order valence-electron chi connectivity index (χ2n) is 2.71.